The summed E-state index contributed by atoms with van der Waals surface area (Å²) in [6.45, 7) is 10.6. The Kier molecular flexibility index (Phi) is 12.2. The van der Waals surface area contributed by atoms with Crippen molar-refractivity contribution in [1.29, 1.82) is 0 Å². The van der Waals surface area contributed by atoms with Gasteiger partial charge < -0.3 is 9.47 Å². The summed E-state index contributed by atoms with van der Waals surface area (Å²) in [7, 11) is 0. The Morgan fingerprint density at radius 3 is 2.00 bits per heavy atom. The van der Waals surface area contributed by atoms with E-state index in [4.69, 9.17) is 9.47 Å². The van der Waals surface area contributed by atoms with Gasteiger partial charge in [-0.3, -0.25) is 14.4 Å². The van der Waals surface area contributed by atoms with Crippen molar-refractivity contribution in [2.75, 3.05) is 13.2 Å². The first kappa shape index (κ1) is 22.6. The first-order chi connectivity index (χ1) is 11.3. The van der Waals surface area contributed by atoms with E-state index in [9.17, 15) is 14.4 Å². The Morgan fingerprint density at radius 1 is 0.875 bits per heavy atom. The van der Waals surface area contributed by atoms with E-state index in [0.29, 0.717) is 26.1 Å². The van der Waals surface area contributed by atoms with E-state index >= 15 is 0 Å². The zero-order chi connectivity index (χ0) is 18.5. The van der Waals surface area contributed by atoms with Crippen LogP contribution in [-0.4, -0.2) is 30.9 Å². The highest BCUT2D eigenvalue weighted by atomic mass is 16.5. The van der Waals surface area contributed by atoms with Crippen LogP contribution in [0.1, 0.15) is 73.1 Å². The molecule has 5 heteroatoms. The molecular weight excluding hydrogens is 308 g/mol. The monoisotopic (exact) mass is 342 g/mol. The third-order valence-electron chi connectivity index (χ3n) is 3.45. The van der Waals surface area contributed by atoms with Crippen LogP contribution in [0.5, 0.6) is 0 Å². The Labute approximate surface area is 146 Å². The molecule has 0 aliphatic carbocycles. The van der Waals surface area contributed by atoms with Gasteiger partial charge in [0.1, 0.15) is 5.78 Å². The fraction of sp³-hybridized carbons (Fsp3) is 0.842. The lowest BCUT2D eigenvalue weighted by Gasteiger charge is -2.16. The summed E-state index contributed by atoms with van der Waals surface area (Å²) >= 11 is 0. The van der Waals surface area contributed by atoms with Gasteiger partial charge in [0.2, 0.25) is 0 Å². The van der Waals surface area contributed by atoms with Crippen molar-refractivity contribution in [3.8, 4) is 0 Å². The van der Waals surface area contributed by atoms with Crippen LogP contribution in [0, 0.1) is 17.8 Å². The second-order valence-corrected chi connectivity index (χ2v) is 7.18. The molecule has 0 aromatic heterocycles. The highest BCUT2D eigenvalue weighted by molar-refractivity contribution is 5.84. The predicted molar refractivity (Wildman–Crippen MR) is 93.5 cm³/mol. The number of Topliss-reactive ketones (excluding diaryl/α,β-unsaturated/α-hetero) is 1. The number of ether oxygens (including phenoxy) is 2. The fourth-order valence-corrected chi connectivity index (χ4v) is 2.04. The van der Waals surface area contributed by atoms with Crippen LogP contribution in [0.2, 0.25) is 0 Å². The van der Waals surface area contributed by atoms with Crippen LogP contribution < -0.4 is 0 Å². The quantitative estimate of drug-likeness (QED) is 0.474. The van der Waals surface area contributed by atoms with E-state index in [2.05, 4.69) is 0 Å². The van der Waals surface area contributed by atoms with Gasteiger partial charge in [0.15, 0.2) is 0 Å². The first-order valence-electron chi connectivity index (χ1n) is 9.10. The number of rotatable bonds is 13. The van der Waals surface area contributed by atoms with E-state index in [-0.39, 0.29) is 42.4 Å². The average Bonchev–Trinajstić information content (AvgIpc) is 2.52. The molecule has 0 N–H and O–H groups in total. The molecule has 0 spiro atoms. The molecule has 0 heterocycles. The molecule has 0 saturated heterocycles. The molecule has 1 unspecified atom stereocenters. The van der Waals surface area contributed by atoms with E-state index in [1.165, 1.54) is 0 Å². The molecule has 0 rings (SSSR count). The van der Waals surface area contributed by atoms with E-state index in [1.54, 1.807) is 0 Å². The third kappa shape index (κ3) is 12.1. The topological polar surface area (TPSA) is 69.7 Å². The molecule has 0 amide bonds. The summed E-state index contributed by atoms with van der Waals surface area (Å²) in [5.74, 6) is -0.701. The second kappa shape index (κ2) is 13.0. The van der Waals surface area contributed by atoms with Gasteiger partial charge in [-0.15, -0.1) is 0 Å². The molecular formula is C19H34O5. The Balaban J connectivity index is 4.52. The first-order valence-corrected chi connectivity index (χ1v) is 9.10. The molecule has 1 atom stereocenters. The van der Waals surface area contributed by atoms with Crippen molar-refractivity contribution in [2.45, 2.75) is 73.1 Å². The van der Waals surface area contributed by atoms with Gasteiger partial charge in [-0.25, -0.2) is 0 Å². The van der Waals surface area contributed by atoms with Crippen molar-refractivity contribution >= 4 is 17.7 Å². The summed E-state index contributed by atoms with van der Waals surface area (Å²) in [6, 6.07) is 0. The third-order valence-corrected chi connectivity index (χ3v) is 3.45. The largest absolute Gasteiger partial charge is 0.465 e. The van der Waals surface area contributed by atoms with Gasteiger partial charge in [0, 0.05) is 19.3 Å². The van der Waals surface area contributed by atoms with Crippen LogP contribution in [0.4, 0.5) is 0 Å². The molecule has 24 heavy (non-hydrogen) atoms. The van der Waals surface area contributed by atoms with Crippen molar-refractivity contribution in [3.05, 3.63) is 0 Å². The van der Waals surface area contributed by atoms with Gasteiger partial charge in [0.25, 0.3) is 0 Å². The maximum absolute atomic E-state index is 12.2. The molecule has 140 valence electrons. The van der Waals surface area contributed by atoms with E-state index in [1.807, 2.05) is 34.6 Å². The van der Waals surface area contributed by atoms with Crippen LogP contribution in [0.15, 0.2) is 0 Å². The summed E-state index contributed by atoms with van der Waals surface area (Å²) in [6.07, 6.45) is 2.82. The van der Waals surface area contributed by atoms with E-state index in [0.717, 1.165) is 12.8 Å². The van der Waals surface area contributed by atoms with Crippen molar-refractivity contribution < 1.29 is 23.9 Å². The van der Waals surface area contributed by atoms with Crippen molar-refractivity contribution in [2.24, 2.45) is 17.8 Å². The number of unbranched alkanes of at least 4 members (excludes halogenated alkanes) is 1. The lowest BCUT2D eigenvalue weighted by atomic mass is 9.95. The molecule has 0 aromatic rings. The zero-order valence-corrected chi connectivity index (χ0v) is 15.9. The van der Waals surface area contributed by atoms with Gasteiger partial charge in [-0.1, -0.05) is 41.0 Å². The standard InChI is InChI=1S/C19H34O5/c1-6-7-8-17(20)11-16(19(22)24-13-15(4)5)9-10-18(21)23-12-14(2)3/h14-16H,6-13H2,1-5H3. The molecule has 5 nitrogen and oxygen atoms in total. The molecule has 0 aliphatic rings. The fourth-order valence-electron chi connectivity index (χ4n) is 2.04. The molecule has 0 fully saturated rings. The minimum Gasteiger partial charge on any atom is -0.465 e. The van der Waals surface area contributed by atoms with Crippen molar-refractivity contribution in [1.82, 2.24) is 0 Å². The number of esters is 2. The maximum Gasteiger partial charge on any atom is 0.309 e. The number of ketones is 1. The number of hydrogen-bond acceptors (Lipinski definition) is 5. The highest BCUT2D eigenvalue weighted by Gasteiger charge is 2.24. The average molecular weight is 342 g/mol. The predicted octanol–water partition coefficient (Wildman–Crippen LogP) is 3.93. The highest BCUT2D eigenvalue weighted by Crippen LogP contribution is 2.17. The molecule has 0 bridgehead atoms. The Morgan fingerprint density at radius 2 is 1.46 bits per heavy atom. The van der Waals surface area contributed by atoms with Gasteiger partial charge in [-0.05, 0) is 24.7 Å². The zero-order valence-electron chi connectivity index (χ0n) is 15.9. The Bertz CT molecular complexity index is 387. The summed E-state index contributed by atoms with van der Waals surface area (Å²) in [5, 5.41) is 0. The minimum absolute atomic E-state index is 0.0545. The maximum atomic E-state index is 12.2. The van der Waals surface area contributed by atoms with Crippen LogP contribution in [0.25, 0.3) is 0 Å². The van der Waals surface area contributed by atoms with Crippen molar-refractivity contribution in [3.63, 3.8) is 0 Å². The van der Waals surface area contributed by atoms with Crippen LogP contribution in [-0.2, 0) is 23.9 Å². The van der Waals surface area contributed by atoms with Gasteiger partial charge in [-0.2, -0.15) is 0 Å². The number of carbonyl (C=O) groups is 3. The summed E-state index contributed by atoms with van der Waals surface area (Å²) in [5.41, 5.74) is 0. The SMILES string of the molecule is CCCCC(=O)CC(CCC(=O)OCC(C)C)C(=O)OCC(C)C. The smallest absolute Gasteiger partial charge is 0.309 e. The molecule has 0 saturated carbocycles. The Hall–Kier alpha value is -1.39. The van der Waals surface area contributed by atoms with Crippen LogP contribution >= 0.6 is 0 Å². The number of carbonyl (C=O) groups excluding carboxylic acids is 3. The van der Waals surface area contributed by atoms with Crippen LogP contribution in [0.3, 0.4) is 0 Å². The molecule has 0 aliphatic heterocycles. The summed E-state index contributed by atoms with van der Waals surface area (Å²) in [4.78, 5) is 35.9. The number of hydrogen-bond donors (Lipinski definition) is 0. The summed E-state index contributed by atoms with van der Waals surface area (Å²) < 4.78 is 10.4. The normalized spacial score (nSPS) is 12.3. The lowest BCUT2D eigenvalue weighted by Crippen LogP contribution is -2.24. The van der Waals surface area contributed by atoms with Gasteiger partial charge in [0.05, 0.1) is 19.1 Å². The molecule has 0 aromatic carbocycles. The van der Waals surface area contributed by atoms with Gasteiger partial charge >= 0.3 is 11.9 Å². The molecule has 0 radical (unpaired) electrons. The lowest BCUT2D eigenvalue weighted by molar-refractivity contribution is -0.152. The minimum atomic E-state index is -0.556. The second-order valence-electron chi connectivity index (χ2n) is 7.18. The van der Waals surface area contributed by atoms with E-state index < -0.39 is 5.92 Å².